The van der Waals surface area contributed by atoms with Gasteiger partial charge in [0.1, 0.15) is 5.75 Å². The summed E-state index contributed by atoms with van der Waals surface area (Å²) in [6.45, 7) is 8.88. The Morgan fingerprint density at radius 3 is 2.71 bits per heavy atom. The first-order valence-corrected chi connectivity index (χ1v) is 8.36. The molecule has 2 aromatic carbocycles. The van der Waals surface area contributed by atoms with Gasteiger partial charge in [-0.2, -0.15) is 5.26 Å². The van der Waals surface area contributed by atoms with Gasteiger partial charge in [0.15, 0.2) is 0 Å². The first kappa shape index (κ1) is 16.4. The van der Waals surface area contributed by atoms with E-state index in [0.717, 1.165) is 23.3 Å². The van der Waals surface area contributed by atoms with Crippen molar-refractivity contribution in [3.05, 3.63) is 47.0 Å². The Morgan fingerprint density at radius 2 is 2.04 bits per heavy atom. The molecule has 3 rings (SSSR count). The van der Waals surface area contributed by atoms with Gasteiger partial charge in [-0.3, -0.25) is 0 Å². The number of anilines is 1. The minimum Gasteiger partial charge on any atom is -0.496 e. The molecule has 0 amide bonds. The second-order valence-electron chi connectivity index (χ2n) is 7.37. The number of nitrogens with zero attached hydrogens (tertiary/aromatic N) is 1. The molecule has 0 aromatic heterocycles. The van der Waals surface area contributed by atoms with Gasteiger partial charge in [-0.15, -0.1) is 0 Å². The summed E-state index contributed by atoms with van der Waals surface area (Å²) < 4.78 is 5.84. The zero-order valence-corrected chi connectivity index (χ0v) is 15.0. The highest BCUT2D eigenvalue weighted by Gasteiger charge is 2.33. The first-order chi connectivity index (χ1) is 11.4. The largest absolute Gasteiger partial charge is 0.496 e. The molecule has 0 aliphatic carbocycles. The number of nitrogens with one attached hydrogen (secondary N) is 1. The molecule has 3 nitrogen and oxygen atoms in total. The summed E-state index contributed by atoms with van der Waals surface area (Å²) >= 11 is 0. The van der Waals surface area contributed by atoms with Gasteiger partial charge in [-0.05, 0) is 62.4 Å². The van der Waals surface area contributed by atoms with Crippen molar-refractivity contribution in [2.75, 3.05) is 12.4 Å². The molecule has 2 aromatic rings. The van der Waals surface area contributed by atoms with E-state index in [-0.39, 0.29) is 5.54 Å². The number of methoxy groups -OCH3 is 1. The fourth-order valence-electron chi connectivity index (χ4n) is 3.91. The number of benzene rings is 2. The van der Waals surface area contributed by atoms with Crippen molar-refractivity contribution < 1.29 is 4.74 Å². The SMILES string of the molecule is COc1c(-c2cccc(C#N)c2)cc(C)c2c1C(C)CC(C)(C)N2. The van der Waals surface area contributed by atoms with E-state index in [9.17, 15) is 5.26 Å². The van der Waals surface area contributed by atoms with Crippen LogP contribution in [0, 0.1) is 18.3 Å². The van der Waals surface area contributed by atoms with E-state index < -0.39 is 0 Å². The standard InChI is InChI=1S/C21H24N2O/c1-13-9-17(16-8-6-7-15(10-16)12-22)20(24-5)18-14(2)11-21(3,4)23-19(13)18/h6-10,14,23H,11H2,1-5H3. The van der Waals surface area contributed by atoms with Crippen LogP contribution in [0.4, 0.5) is 5.69 Å². The number of rotatable bonds is 2. The van der Waals surface area contributed by atoms with Crippen LogP contribution in [-0.4, -0.2) is 12.6 Å². The van der Waals surface area contributed by atoms with Crippen molar-refractivity contribution >= 4 is 5.69 Å². The Kier molecular flexibility index (Phi) is 4.01. The third-order valence-corrected chi connectivity index (χ3v) is 4.79. The van der Waals surface area contributed by atoms with Crippen LogP contribution in [0.15, 0.2) is 30.3 Å². The van der Waals surface area contributed by atoms with E-state index in [0.29, 0.717) is 11.5 Å². The van der Waals surface area contributed by atoms with E-state index in [2.05, 4.69) is 45.1 Å². The van der Waals surface area contributed by atoms with Gasteiger partial charge in [-0.1, -0.05) is 19.1 Å². The number of aryl methyl sites for hydroxylation is 1. The molecule has 0 spiro atoms. The molecule has 0 fully saturated rings. The second kappa shape index (κ2) is 5.87. The Labute approximate surface area is 144 Å². The molecule has 0 bridgehead atoms. The highest BCUT2D eigenvalue weighted by atomic mass is 16.5. The lowest BCUT2D eigenvalue weighted by Crippen LogP contribution is -2.37. The van der Waals surface area contributed by atoms with Gasteiger partial charge < -0.3 is 10.1 Å². The summed E-state index contributed by atoms with van der Waals surface area (Å²) in [6, 6.07) is 12.1. The first-order valence-electron chi connectivity index (χ1n) is 8.36. The van der Waals surface area contributed by atoms with Crippen LogP contribution in [0.5, 0.6) is 5.75 Å². The van der Waals surface area contributed by atoms with Crippen molar-refractivity contribution in [2.24, 2.45) is 0 Å². The van der Waals surface area contributed by atoms with E-state index in [1.165, 1.54) is 16.8 Å². The Morgan fingerprint density at radius 1 is 1.29 bits per heavy atom. The molecular weight excluding hydrogens is 296 g/mol. The van der Waals surface area contributed by atoms with Gasteiger partial charge in [-0.25, -0.2) is 0 Å². The number of fused-ring (bicyclic) bond motifs is 1. The van der Waals surface area contributed by atoms with Crippen LogP contribution in [0.1, 0.15) is 49.8 Å². The minimum atomic E-state index is 0.0738. The zero-order valence-electron chi connectivity index (χ0n) is 15.0. The lowest BCUT2D eigenvalue weighted by molar-refractivity contribution is 0.392. The Hall–Kier alpha value is -2.47. The van der Waals surface area contributed by atoms with Crippen molar-refractivity contribution in [1.29, 1.82) is 5.26 Å². The van der Waals surface area contributed by atoms with Crippen LogP contribution in [0.25, 0.3) is 11.1 Å². The van der Waals surface area contributed by atoms with Gasteiger partial charge in [0.05, 0.1) is 18.7 Å². The molecule has 3 heteroatoms. The van der Waals surface area contributed by atoms with Gasteiger partial charge in [0.25, 0.3) is 0 Å². The van der Waals surface area contributed by atoms with Crippen LogP contribution in [0.3, 0.4) is 0 Å². The van der Waals surface area contributed by atoms with Crippen molar-refractivity contribution in [2.45, 2.75) is 45.6 Å². The van der Waals surface area contributed by atoms with E-state index in [1.807, 2.05) is 24.3 Å². The maximum atomic E-state index is 9.19. The normalized spacial score (nSPS) is 18.2. The molecule has 0 saturated carbocycles. The average molecular weight is 320 g/mol. The summed E-state index contributed by atoms with van der Waals surface area (Å²) in [4.78, 5) is 0. The highest BCUT2D eigenvalue weighted by molar-refractivity contribution is 5.81. The quantitative estimate of drug-likeness (QED) is 0.823. The zero-order chi connectivity index (χ0) is 17.5. The van der Waals surface area contributed by atoms with Crippen LogP contribution in [-0.2, 0) is 0 Å². The summed E-state index contributed by atoms with van der Waals surface area (Å²) in [5, 5.41) is 12.9. The molecule has 1 unspecified atom stereocenters. The topological polar surface area (TPSA) is 45.0 Å². The molecule has 1 aliphatic rings. The molecule has 24 heavy (non-hydrogen) atoms. The number of hydrogen-bond donors (Lipinski definition) is 1. The van der Waals surface area contributed by atoms with Crippen LogP contribution in [0.2, 0.25) is 0 Å². The molecule has 1 atom stereocenters. The maximum Gasteiger partial charge on any atom is 0.132 e. The fraction of sp³-hybridized carbons (Fsp3) is 0.381. The van der Waals surface area contributed by atoms with E-state index >= 15 is 0 Å². The van der Waals surface area contributed by atoms with Gasteiger partial charge in [0, 0.05) is 22.4 Å². The molecule has 1 aliphatic heterocycles. The average Bonchev–Trinajstić information content (AvgIpc) is 2.54. The van der Waals surface area contributed by atoms with Crippen LogP contribution < -0.4 is 10.1 Å². The summed E-state index contributed by atoms with van der Waals surface area (Å²) in [7, 11) is 1.73. The van der Waals surface area contributed by atoms with E-state index in [1.54, 1.807) is 7.11 Å². The Balaban J connectivity index is 2.25. The predicted molar refractivity (Wildman–Crippen MR) is 98.6 cm³/mol. The molecular formula is C21H24N2O. The van der Waals surface area contributed by atoms with Gasteiger partial charge >= 0.3 is 0 Å². The minimum absolute atomic E-state index is 0.0738. The summed E-state index contributed by atoms with van der Waals surface area (Å²) in [5.74, 6) is 1.32. The third kappa shape index (κ3) is 2.73. The Bertz CT molecular complexity index is 830. The van der Waals surface area contributed by atoms with Crippen molar-refractivity contribution in [3.63, 3.8) is 0 Å². The van der Waals surface area contributed by atoms with Crippen molar-refractivity contribution in [1.82, 2.24) is 0 Å². The molecule has 0 saturated heterocycles. The molecule has 1 heterocycles. The monoisotopic (exact) mass is 320 g/mol. The number of hydrogen-bond acceptors (Lipinski definition) is 3. The van der Waals surface area contributed by atoms with Crippen molar-refractivity contribution in [3.8, 4) is 22.9 Å². The smallest absolute Gasteiger partial charge is 0.132 e. The highest BCUT2D eigenvalue weighted by Crippen LogP contribution is 2.49. The number of nitriles is 1. The third-order valence-electron chi connectivity index (χ3n) is 4.79. The van der Waals surface area contributed by atoms with Gasteiger partial charge in [0.2, 0.25) is 0 Å². The predicted octanol–water partition coefficient (Wildman–Crippen LogP) is 5.24. The lowest BCUT2D eigenvalue weighted by atomic mass is 9.79. The van der Waals surface area contributed by atoms with E-state index in [4.69, 9.17) is 4.74 Å². The lowest BCUT2D eigenvalue weighted by Gasteiger charge is -2.39. The maximum absolute atomic E-state index is 9.19. The molecule has 124 valence electrons. The van der Waals surface area contributed by atoms with Crippen LogP contribution >= 0.6 is 0 Å². The number of ether oxygens (including phenoxy) is 1. The molecule has 1 N–H and O–H groups in total. The fourth-order valence-corrected chi connectivity index (χ4v) is 3.91. The second-order valence-corrected chi connectivity index (χ2v) is 7.37. The molecule has 0 radical (unpaired) electrons. The summed E-state index contributed by atoms with van der Waals surface area (Å²) in [5.41, 5.74) is 6.46. The summed E-state index contributed by atoms with van der Waals surface area (Å²) in [6.07, 6.45) is 1.05.